The molecule has 0 radical (unpaired) electrons. The number of anilines is 2. The summed E-state index contributed by atoms with van der Waals surface area (Å²) in [6.45, 7) is 13.5. The SMILES string of the molecule is CCN(CC)CCc1cc(N)c(N)c(CCN(CC)CC)c1[N+](=O)[O-]. The van der Waals surface area contributed by atoms with Crippen molar-refractivity contribution in [2.75, 3.05) is 50.7 Å². The maximum Gasteiger partial charge on any atom is 0.278 e. The molecule has 4 N–H and O–H groups in total. The summed E-state index contributed by atoms with van der Waals surface area (Å²) < 4.78 is 0. The Bertz CT molecular complexity index is 569. The predicted molar refractivity (Wildman–Crippen MR) is 105 cm³/mol. The molecule has 0 saturated carbocycles. The summed E-state index contributed by atoms with van der Waals surface area (Å²) in [6, 6.07) is 1.68. The summed E-state index contributed by atoms with van der Waals surface area (Å²) in [6.07, 6.45) is 1.13. The Morgan fingerprint density at radius 2 is 1.44 bits per heavy atom. The molecule has 7 nitrogen and oxygen atoms in total. The van der Waals surface area contributed by atoms with Crippen molar-refractivity contribution in [3.05, 3.63) is 27.3 Å². The van der Waals surface area contributed by atoms with Gasteiger partial charge in [-0.25, -0.2) is 0 Å². The Morgan fingerprint density at radius 3 is 1.88 bits per heavy atom. The predicted octanol–water partition coefficient (Wildman–Crippen LogP) is 2.53. The van der Waals surface area contributed by atoms with Crippen molar-refractivity contribution in [1.29, 1.82) is 0 Å². The molecule has 0 aliphatic heterocycles. The van der Waals surface area contributed by atoms with Gasteiger partial charge in [0.15, 0.2) is 0 Å². The number of nitrogen functional groups attached to an aromatic ring is 2. The second-order valence-electron chi connectivity index (χ2n) is 6.18. The number of nitro benzene ring substituents is 1. The van der Waals surface area contributed by atoms with Crippen LogP contribution in [-0.2, 0) is 12.8 Å². The van der Waals surface area contributed by atoms with Crippen molar-refractivity contribution in [3.63, 3.8) is 0 Å². The molecule has 0 amide bonds. The van der Waals surface area contributed by atoms with Crippen LogP contribution in [0.4, 0.5) is 17.1 Å². The Hall–Kier alpha value is -1.86. The van der Waals surface area contributed by atoms with E-state index in [4.69, 9.17) is 11.5 Å². The zero-order chi connectivity index (χ0) is 19.0. The molecule has 7 heteroatoms. The third-order valence-electron chi connectivity index (χ3n) is 4.90. The van der Waals surface area contributed by atoms with Crippen molar-refractivity contribution in [2.45, 2.75) is 40.5 Å². The molecule has 0 aliphatic carbocycles. The third-order valence-corrected chi connectivity index (χ3v) is 4.90. The van der Waals surface area contributed by atoms with E-state index < -0.39 is 0 Å². The highest BCUT2D eigenvalue weighted by Gasteiger charge is 2.24. The summed E-state index contributed by atoms with van der Waals surface area (Å²) >= 11 is 0. The van der Waals surface area contributed by atoms with Crippen LogP contribution >= 0.6 is 0 Å². The van der Waals surface area contributed by atoms with Gasteiger partial charge in [0.1, 0.15) is 0 Å². The molecule has 1 aromatic carbocycles. The van der Waals surface area contributed by atoms with Crippen molar-refractivity contribution in [3.8, 4) is 0 Å². The van der Waals surface area contributed by atoms with E-state index in [1.54, 1.807) is 6.07 Å². The quantitative estimate of drug-likeness (QED) is 0.361. The third kappa shape index (κ3) is 5.57. The minimum absolute atomic E-state index is 0.144. The van der Waals surface area contributed by atoms with Gasteiger partial charge in [0.2, 0.25) is 0 Å². The Morgan fingerprint density at radius 1 is 0.960 bits per heavy atom. The van der Waals surface area contributed by atoms with Crippen LogP contribution in [0.3, 0.4) is 0 Å². The summed E-state index contributed by atoms with van der Waals surface area (Å²) in [4.78, 5) is 15.9. The van der Waals surface area contributed by atoms with E-state index in [2.05, 4.69) is 37.5 Å². The van der Waals surface area contributed by atoms with Crippen LogP contribution in [0.25, 0.3) is 0 Å². The van der Waals surface area contributed by atoms with Gasteiger partial charge in [-0.05, 0) is 45.1 Å². The number of nitrogens with zero attached hydrogens (tertiary/aromatic N) is 3. The van der Waals surface area contributed by atoms with Crippen LogP contribution < -0.4 is 11.5 Å². The van der Waals surface area contributed by atoms with Crippen molar-refractivity contribution in [1.82, 2.24) is 9.80 Å². The number of likely N-dealkylation sites (N-methyl/N-ethyl adjacent to an activating group) is 2. The van der Waals surface area contributed by atoms with Crippen LogP contribution in [0.5, 0.6) is 0 Å². The van der Waals surface area contributed by atoms with E-state index >= 15 is 0 Å². The Labute approximate surface area is 151 Å². The highest BCUT2D eigenvalue weighted by Crippen LogP contribution is 2.34. The average molecular weight is 351 g/mol. The van der Waals surface area contributed by atoms with E-state index in [0.717, 1.165) is 39.3 Å². The van der Waals surface area contributed by atoms with Gasteiger partial charge in [-0.15, -0.1) is 0 Å². The average Bonchev–Trinajstić information content (AvgIpc) is 2.59. The molecule has 25 heavy (non-hydrogen) atoms. The van der Waals surface area contributed by atoms with Crippen LogP contribution in [0, 0.1) is 10.1 Å². The fourth-order valence-electron chi connectivity index (χ4n) is 3.13. The molecule has 0 unspecified atom stereocenters. The monoisotopic (exact) mass is 351 g/mol. The van der Waals surface area contributed by atoms with E-state index in [1.807, 2.05) is 0 Å². The van der Waals surface area contributed by atoms with E-state index in [9.17, 15) is 10.1 Å². The molecule has 0 atom stereocenters. The molecule has 0 aromatic heterocycles. The summed E-state index contributed by atoms with van der Waals surface area (Å²) in [5.74, 6) is 0. The lowest BCUT2D eigenvalue weighted by molar-refractivity contribution is -0.386. The van der Waals surface area contributed by atoms with Crippen molar-refractivity contribution >= 4 is 17.1 Å². The maximum absolute atomic E-state index is 11.8. The van der Waals surface area contributed by atoms with Gasteiger partial charge in [-0.1, -0.05) is 27.7 Å². The number of benzene rings is 1. The summed E-state index contributed by atoms with van der Waals surface area (Å²) in [5.41, 5.74) is 14.4. The van der Waals surface area contributed by atoms with Crippen LogP contribution in [0.1, 0.15) is 38.8 Å². The second-order valence-corrected chi connectivity index (χ2v) is 6.18. The van der Waals surface area contributed by atoms with Gasteiger partial charge >= 0.3 is 0 Å². The topological polar surface area (TPSA) is 102 Å². The maximum atomic E-state index is 11.8. The molecule has 0 fully saturated rings. The molecule has 1 rings (SSSR count). The van der Waals surface area contributed by atoms with Gasteiger partial charge in [0.25, 0.3) is 5.69 Å². The van der Waals surface area contributed by atoms with Gasteiger partial charge in [0, 0.05) is 18.7 Å². The minimum atomic E-state index is -0.301. The molecule has 0 saturated heterocycles. The van der Waals surface area contributed by atoms with E-state index in [1.165, 1.54) is 0 Å². The van der Waals surface area contributed by atoms with E-state index in [-0.39, 0.29) is 10.6 Å². The first-order chi connectivity index (χ1) is 11.9. The van der Waals surface area contributed by atoms with Gasteiger partial charge in [-0.2, -0.15) is 0 Å². The molecule has 0 bridgehead atoms. The highest BCUT2D eigenvalue weighted by atomic mass is 16.6. The fraction of sp³-hybridized carbons (Fsp3) is 0.667. The summed E-state index contributed by atoms with van der Waals surface area (Å²) in [7, 11) is 0. The number of hydrogen-bond donors (Lipinski definition) is 2. The number of nitrogens with two attached hydrogens (primary N) is 2. The van der Waals surface area contributed by atoms with Gasteiger partial charge in [-0.3, -0.25) is 10.1 Å². The first-order valence-corrected chi connectivity index (χ1v) is 9.18. The Balaban J connectivity index is 3.18. The Kier molecular flexibility index (Phi) is 8.65. The first kappa shape index (κ1) is 21.2. The zero-order valence-corrected chi connectivity index (χ0v) is 16.0. The standard InChI is InChI=1S/C18H33N5O2/c1-5-21(6-2)11-9-14-13-16(19)17(20)15(18(14)23(24)25)10-12-22(7-3)8-4/h13H,5-12,19-20H2,1-4H3. The number of hydrogen-bond acceptors (Lipinski definition) is 6. The lowest BCUT2D eigenvalue weighted by Crippen LogP contribution is -2.27. The molecular weight excluding hydrogens is 318 g/mol. The fourth-order valence-corrected chi connectivity index (χ4v) is 3.13. The minimum Gasteiger partial charge on any atom is -0.397 e. The van der Waals surface area contributed by atoms with Gasteiger partial charge < -0.3 is 21.3 Å². The van der Waals surface area contributed by atoms with E-state index in [0.29, 0.717) is 35.3 Å². The second kappa shape index (κ2) is 10.2. The lowest BCUT2D eigenvalue weighted by atomic mass is 9.98. The van der Waals surface area contributed by atoms with Crippen LogP contribution in [0.15, 0.2) is 6.07 Å². The smallest absolute Gasteiger partial charge is 0.278 e. The largest absolute Gasteiger partial charge is 0.397 e. The molecule has 1 aromatic rings. The lowest BCUT2D eigenvalue weighted by Gasteiger charge is -2.21. The molecular formula is C18H33N5O2. The molecule has 0 aliphatic rings. The molecule has 0 heterocycles. The summed E-state index contributed by atoms with van der Waals surface area (Å²) in [5, 5.41) is 11.8. The van der Waals surface area contributed by atoms with Crippen LogP contribution in [0.2, 0.25) is 0 Å². The van der Waals surface area contributed by atoms with Crippen molar-refractivity contribution < 1.29 is 4.92 Å². The normalized spacial score (nSPS) is 11.4. The van der Waals surface area contributed by atoms with Crippen molar-refractivity contribution in [2.24, 2.45) is 0 Å². The first-order valence-electron chi connectivity index (χ1n) is 9.18. The number of rotatable bonds is 11. The molecule has 142 valence electrons. The molecule has 0 spiro atoms. The number of nitro groups is 1. The van der Waals surface area contributed by atoms with Crippen LogP contribution in [-0.4, -0.2) is 54.0 Å². The highest BCUT2D eigenvalue weighted by molar-refractivity contribution is 5.75. The van der Waals surface area contributed by atoms with Gasteiger partial charge in [0.05, 0.1) is 21.9 Å². The zero-order valence-electron chi connectivity index (χ0n) is 16.0.